The number of anilines is 4. The molecule has 1 aromatic heterocycles. The van der Waals surface area contributed by atoms with Crippen LogP contribution >= 0.6 is 11.3 Å². The van der Waals surface area contributed by atoms with Crippen molar-refractivity contribution >= 4 is 40.1 Å². The fourth-order valence-corrected chi connectivity index (χ4v) is 3.30. The first-order valence-corrected chi connectivity index (χ1v) is 8.88. The van der Waals surface area contributed by atoms with Gasteiger partial charge in [-0.1, -0.05) is 18.2 Å². The minimum absolute atomic E-state index is 0.307. The van der Waals surface area contributed by atoms with E-state index in [-0.39, 0.29) is 0 Å². The van der Waals surface area contributed by atoms with Gasteiger partial charge in [0.05, 0.1) is 11.3 Å². The second-order valence-electron chi connectivity index (χ2n) is 5.92. The molecular formula is C19H16F3N3OS. The van der Waals surface area contributed by atoms with Gasteiger partial charge in [-0.05, 0) is 49.2 Å². The Bertz CT molecular complexity index is 931. The Kier molecular flexibility index (Phi) is 5.18. The third-order valence-corrected chi connectivity index (χ3v) is 4.78. The number of benzene rings is 2. The standard InChI is InChI=1S/C19H16F3N3OS/c1-12-4-3-5-13(2)17(12)24-18-23-16(10-27-18)25(11-26)15-8-6-14(7-9-15)19(20,21)22/h3-11H,1-2H3,(H,23,24). The normalized spacial score (nSPS) is 11.3. The van der Waals surface area contributed by atoms with Crippen LogP contribution in [0.1, 0.15) is 16.7 Å². The summed E-state index contributed by atoms with van der Waals surface area (Å²) in [4.78, 5) is 17.1. The average molecular weight is 391 g/mol. The van der Waals surface area contributed by atoms with Crippen molar-refractivity contribution in [1.29, 1.82) is 0 Å². The molecule has 0 fully saturated rings. The lowest BCUT2D eigenvalue weighted by molar-refractivity contribution is -0.137. The van der Waals surface area contributed by atoms with E-state index in [4.69, 9.17) is 0 Å². The summed E-state index contributed by atoms with van der Waals surface area (Å²) in [6, 6.07) is 10.3. The molecule has 4 nitrogen and oxygen atoms in total. The summed E-state index contributed by atoms with van der Waals surface area (Å²) in [5, 5.41) is 5.49. The number of carbonyl (C=O) groups excluding carboxylic acids is 1. The number of amides is 1. The smallest absolute Gasteiger partial charge is 0.331 e. The van der Waals surface area contributed by atoms with Crippen LogP contribution in [0, 0.1) is 13.8 Å². The van der Waals surface area contributed by atoms with E-state index in [1.54, 1.807) is 5.38 Å². The fourth-order valence-electron chi connectivity index (χ4n) is 2.61. The van der Waals surface area contributed by atoms with E-state index in [2.05, 4.69) is 10.3 Å². The molecule has 0 bridgehead atoms. The van der Waals surface area contributed by atoms with Crippen LogP contribution in [0.15, 0.2) is 47.8 Å². The molecule has 140 valence electrons. The van der Waals surface area contributed by atoms with Gasteiger partial charge in [0.2, 0.25) is 6.41 Å². The minimum Gasteiger partial charge on any atom is -0.331 e. The third-order valence-electron chi connectivity index (χ3n) is 4.03. The lowest BCUT2D eigenvalue weighted by Crippen LogP contribution is -2.15. The molecule has 8 heteroatoms. The van der Waals surface area contributed by atoms with Gasteiger partial charge in [-0.15, -0.1) is 11.3 Å². The van der Waals surface area contributed by atoms with Gasteiger partial charge >= 0.3 is 6.18 Å². The summed E-state index contributed by atoms with van der Waals surface area (Å²) in [5.41, 5.74) is 2.59. The van der Waals surface area contributed by atoms with Gasteiger partial charge in [0.25, 0.3) is 0 Å². The highest BCUT2D eigenvalue weighted by Crippen LogP contribution is 2.34. The molecule has 0 atom stereocenters. The zero-order valence-corrected chi connectivity index (χ0v) is 15.4. The molecule has 0 saturated carbocycles. The highest BCUT2D eigenvalue weighted by molar-refractivity contribution is 7.14. The topological polar surface area (TPSA) is 45.2 Å². The predicted molar refractivity (Wildman–Crippen MR) is 101 cm³/mol. The number of hydrogen-bond acceptors (Lipinski definition) is 4. The zero-order chi connectivity index (χ0) is 19.6. The van der Waals surface area contributed by atoms with Crippen molar-refractivity contribution in [3.05, 3.63) is 64.5 Å². The molecular weight excluding hydrogens is 375 g/mol. The number of nitrogens with zero attached hydrogens (tertiary/aromatic N) is 2. The van der Waals surface area contributed by atoms with Gasteiger partial charge in [-0.25, -0.2) is 4.98 Å². The number of rotatable bonds is 5. The number of thiazole rings is 1. The van der Waals surface area contributed by atoms with Gasteiger partial charge in [0, 0.05) is 11.1 Å². The Balaban J connectivity index is 1.84. The van der Waals surface area contributed by atoms with Crippen molar-refractivity contribution in [1.82, 2.24) is 4.98 Å². The van der Waals surface area contributed by atoms with Crippen LogP contribution in [-0.4, -0.2) is 11.4 Å². The van der Waals surface area contributed by atoms with Crippen molar-refractivity contribution in [2.45, 2.75) is 20.0 Å². The molecule has 3 aromatic rings. The van der Waals surface area contributed by atoms with E-state index in [0.29, 0.717) is 23.0 Å². The summed E-state index contributed by atoms with van der Waals surface area (Å²) in [6.07, 6.45) is -3.89. The second kappa shape index (κ2) is 7.40. The Labute approximate surface area is 158 Å². The van der Waals surface area contributed by atoms with E-state index in [9.17, 15) is 18.0 Å². The molecule has 0 unspecified atom stereocenters. The maximum atomic E-state index is 12.7. The number of para-hydroxylation sites is 1. The lowest BCUT2D eigenvalue weighted by atomic mass is 10.1. The number of carbonyl (C=O) groups is 1. The molecule has 0 saturated heterocycles. The van der Waals surface area contributed by atoms with Gasteiger partial charge in [-0.2, -0.15) is 13.2 Å². The molecule has 3 rings (SSSR count). The first-order valence-electron chi connectivity index (χ1n) is 8.00. The van der Waals surface area contributed by atoms with Crippen LogP contribution in [0.2, 0.25) is 0 Å². The number of hydrogen-bond donors (Lipinski definition) is 1. The van der Waals surface area contributed by atoms with Gasteiger partial charge in [0.15, 0.2) is 10.9 Å². The molecule has 0 aliphatic carbocycles. The minimum atomic E-state index is -4.42. The van der Waals surface area contributed by atoms with Crippen LogP contribution in [0.3, 0.4) is 0 Å². The predicted octanol–water partition coefficient (Wildman–Crippen LogP) is 5.82. The fraction of sp³-hybridized carbons (Fsp3) is 0.158. The largest absolute Gasteiger partial charge is 0.416 e. The van der Waals surface area contributed by atoms with Crippen LogP contribution < -0.4 is 10.2 Å². The molecule has 0 aliphatic rings. The monoisotopic (exact) mass is 391 g/mol. The van der Waals surface area contributed by atoms with E-state index in [1.165, 1.54) is 28.4 Å². The maximum absolute atomic E-state index is 12.7. The Hall–Kier alpha value is -2.87. The van der Waals surface area contributed by atoms with Crippen LogP contribution in [-0.2, 0) is 11.0 Å². The number of halogens is 3. The number of aryl methyl sites for hydroxylation is 2. The molecule has 0 radical (unpaired) electrons. The molecule has 1 heterocycles. The average Bonchev–Trinajstić information content (AvgIpc) is 3.07. The Morgan fingerprint density at radius 1 is 1.07 bits per heavy atom. The third kappa shape index (κ3) is 4.11. The summed E-state index contributed by atoms with van der Waals surface area (Å²) in [6.45, 7) is 3.95. The highest BCUT2D eigenvalue weighted by Gasteiger charge is 2.30. The number of aromatic nitrogens is 1. The van der Waals surface area contributed by atoms with Crippen molar-refractivity contribution in [2.75, 3.05) is 10.2 Å². The maximum Gasteiger partial charge on any atom is 0.416 e. The van der Waals surface area contributed by atoms with Gasteiger partial charge in [0.1, 0.15) is 0 Å². The van der Waals surface area contributed by atoms with Crippen LogP contribution in [0.4, 0.5) is 35.5 Å². The zero-order valence-electron chi connectivity index (χ0n) is 14.5. The quantitative estimate of drug-likeness (QED) is 0.558. The Morgan fingerprint density at radius 2 is 1.70 bits per heavy atom. The van der Waals surface area contributed by atoms with E-state index in [0.717, 1.165) is 28.9 Å². The molecule has 1 amide bonds. The first kappa shape index (κ1) is 18.9. The highest BCUT2D eigenvalue weighted by atomic mass is 32.1. The van der Waals surface area contributed by atoms with Gasteiger partial charge < -0.3 is 5.32 Å². The van der Waals surface area contributed by atoms with Gasteiger partial charge in [-0.3, -0.25) is 9.69 Å². The molecule has 0 aliphatic heterocycles. The van der Waals surface area contributed by atoms with Crippen molar-refractivity contribution in [3.63, 3.8) is 0 Å². The summed E-state index contributed by atoms with van der Waals surface area (Å²) in [5.74, 6) is 0.337. The van der Waals surface area contributed by atoms with Crippen LogP contribution in [0.25, 0.3) is 0 Å². The summed E-state index contributed by atoms with van der Waals surface area (Å²) in [7, 11) is 0. The summed E-state index contributed by atoms with van der Waals surface area (Å²) >= 11 is 1.30. The van der Waals surface area contributed by atoms with E-state index in [1.807, 2.05) is 32.0 Å². The lowest BCUT2D eigenvalue weighted by Gasteiger charge is -2.15. The second-order valence-corrected chi connectivity index (χ2v) is 6.78. The van der Waals surface area contributed by atoms with Crippen LogP contribution in [0.5, 0.6) is 0 Å². The Morgan fingerprint density at radius 3 is 2.26 bits per heavy atom. The van der Waals surface area contributed by atoms with E-state index < -0.39 is 11.7 Å². The molecule has 0 spiro atoms. The summed E-state index contributed by atoms with van der Waals surface area (Å²) < 4.78 is 38.1. The first-order chi connectivity index (χ1) is 12.8. The number of alkyl halides is 3. The molecule has 2 aromatic carbocycles. The number of nitrogens with one attached hydrogen (secondary N) is 1. The van der Waals surface area contributed by atoms with Crippen molar-refractivity contribution in [3.8, 4) is 0 Å². The SMILES string of the molecule is Cc1cccc(C)c1Nc1nc(N(C=O)c2ccc(C(F)(F)F)cc2)cs1. The van der Waals surface area contributed by atoms with Crippen molar-refractivity contribution in [2.24, 2.45) is 0 Å². The molecule has 27 heavy (non-hydrogen) atoms. The van der Waals surface area contributed by atoms with E-state index >= 15 is 0 Å². The van der Waals surface area contributed by atoms with Crippen molar-refractivity contribution < 1.29 is 18.0 Å². The molecule has 1 N–H and O–H groups in total.